The van der Waals surface area contributed by atoms with E-state index < -0.39 is 0 Å². The van der Waals surface area contributed by atoms with Gasteiger partial charge in [-0.3, -0.25) is 0 Å². The molecule has 3 aromatic carbocycles. The van der Waals surface area contributed by atoms with Crippen LogP contribution in [0.15, 0.2) is 48.5 Å². The first kappa shape index (κ1) is 19.0. The van der Waals surface area contributed by atoms with Gasteiger partial charge in [0.1, 0.15) is 29.2 Å². The van der Waals surface area contributed by atoms with Gasteiger partial charge in [-0.25, -0.2) is 0 Å². The van der Waals surface area contributed by atoms with Crippen molar-refractivity contribution in [3.05, 3.63) is 81.9 Å². The predicted octanol–water partition coefficient (Wildman–Crippen LogP) is 6.25. The standard InChI is InChI=1S/C24H20N2O2/c1-15-7-5-8-16(2)22(15)27-21-12-11-19(13-25)20(14-26)24(21)28-23-17(3)9-6-10-18(23)4/h5-12H,1-4H3. The first-order chi connectivity index (χ1) is 13.5. The monoisotopic (exact) mass is 368 g/mol. The third kappa shape index (κ3) is 3.54. The number of nitriles is 2. The Morgan fingerprint density at radius 2 is 1.11 bits per heavy atom. The summed E-state index contributed by atoms with van der Waals surface area (Å²) in [5, 5.41) is 19.1. The van der Waals surface area contributed by atoms with E-state index in [4.69, 9.17) is 9.47 Å². The lowest BCUT2D eigenvalue weighted by molar-refractivity contribution is 0.411. The molecule has 0 saturated carbocycles. The van der Waals surface area contributed by atoms with Gasteiger partial charge in [-0.1, -0.05) is 36.4 Å². The Balaban J connectivity index is 2.19. The minimum atomic E-state index is 0.161. The Labute approximate surface area is 165 Å². The van der Waals surface area contributed by atoms with Crippen molar-refractivity contribution >= 4 is 0 Å². The van der Waals surface area contributed by atoms with Gasteiger partial charge in [0.2, 0.25) is 0 Å². The SMILES string of the molecule is Cc1cccc(C)c1Oc1ccc(C#N)c(C#N)c1Oc1c(C)cccc1C. The average molecular weight is 368 g/mol. The molecule has 0 spiro atoms. The van der Waals surface area contributed by atoms with Crippen LogP contribution in [0.5, 0.6) is 23.0 Å². The molecule has 0 unspecified atom stereocenters. The quantitative estimate of drug-likeness (QED) is 0.546. The molecule has 4 nitrogen and oxygen atoms in total. The van der Waals surface area contributed by atoms with Crippen molar-refractivity contribution in [3.63, 3.8) is 0 Å². The molecule has 0 saturated heterocycles. The molecule has 3 aromatic rings. The van der Waals surface area contributed by atoms with Crippen molar-refractivity contribution in [1.29, 1.82) is 10.5 Å². The van der Waals surface area contributed by atoms with E-state index in [0.717, 1.165) is 22.3 Å². The Bertz CT molecular complexity index is 1090. The van der Waals surface area contributed by atoms with Crippen LogP contribution in [0.3, 0.4) is 0 Å². The largest absolute Gasteiger partial charge is 0.453 e. The molecule has 0 radical (unpaired) electrons. The highest BCUT2D eigenvalue weighted by molar-refractivity contribution is 5.63. The van der Waals surface area contributed by atoms with Crippen molar-refractivity contribution < 1.29 is 9.47 Å². The summed E-state index contributed by atoms with van der Waals surface area (Å²) in [6.07, 6.45) is 0. The van der Waals surface area contributed by atoms with Crippen LogP contribution in [0.25, 0.3) is 0 Å². The van der Waals surface area contributed by atoms with Crippen molar-refractivity contribution in [2.24, 2.45) is 0 Å². The van der Waals surface area contributed by atoms with E-state index in [9.17, 15) is 10.5 Å². The molecule has 0 fully saturated rings. The zero-order valence-corrected chi connectivity index (χ0v) is 16.3. The maximum absolute atomic E-state index is 9.71. The minimum Gasteiger partial charge on any atom is -0.453 e. The molecule has 0 heterocycles. The summed E-state index contributed by atoms with van der Waals surface area (Å²) in [4.78, 5) is 0. The summed E-state index contributed by atoms with van der Waals surface area (Å²) in [7, 11) is 0. The molecule has 0 aromatic heterocycles. The number of hydrogen-bond acceptors (Lipinski definition) is 4. The molecule has 0 aliphatic heterocycles. The van der Waals surface area contributed by atoms with Crippen molar-refractivity contribution in [1.82, 2.24) is 0 Å². The van der Waals surface area contributed by atoms with E-state index in [-0.39, 0.29) is 16.9 Å². The Hall–Kier alpha value is -3.76. The van der Waals surface area contributed by atoms with Gasteiger partial charge in [0, 0.05) is 0 Å². The first-order valence-electron chi connectivity index (χ1n) is 8.91. The zero-order chi connectivity index (χ0) is 20.3. The van der Waals surface area contributed by atoms with Gasteiger partial charge in [-0.15, -0.1) is 0 Å². The third-order valence-electron chi connectivity index (χ3n) is 4.59. The van der Waals surface area contributed by atoms with Crippen LogP contribution in [0.4, 0.5) is 0 Å². The van der Waals surface area contributed by atoms with E-state index in [2.05, 4.69) is 12.1 Å². The van der Waals surface area contributed by atoms with Gasteiger partial charge >= 0.3 is 0 Å². The van der Waals surface area contributed by atoms with Gasteiger partial charge in [0.25, 0.3) is 0 Å². The molecular weight excluding hydrogens is 348 g/mol. The lowest BCUT2D eigenvalue weighted by Gasteiger charge is -2.18. The average Bonchev–Trinajstić information content (AvgIpc) is 2.68. The van der Waals surface area contributed by atoms with Crippen LogP contribution >= 0.6 is 0 Å². The number of nitrogens with zero attached hydrogens (tertiary/aromatic N) is 2. The zero-order valence-electron chi connectivity index (χ0n) is 16.3. The third-order valence-corrected chi connectivity index (χ3v) is 4.59. The second-order valence-electron chi connectivity index (χ2n) is 6.68. The molecule has 3 rings (SSSR count). The number of aryl methyl sites for hydroxylation is 4. The van der Waals surface area contributed by atoms with E-state index in [1.165, 1.54) is 0 Å². The van der Waals surface area contributed by atoms with Crippen LogP contribution in [0.2, 0.25) is 0 Å². The summed E-state index contributed by atoms with van der Waals surface area (Å²) in [5.41, 5.74) is 4.22. The van der Waals surface area contributed by atoms with Crippen molar-refractivity contribution in [2.75, 3.05) is 0 Å². The number of hydrogen-bond donors (Lipinski definition) is 0. The molecule has 4 heteroatoms. The highest BCUT2D eigenvalue weighted by Crippen LogP contribution is 2.42. The molecule has 0 bridgehead atoms. The van der Waals surface area contributed by atoms with Crippen LogP contribution in [-0.4, -0.2) is 0 Å². The fourth-order valence-corrected chi connectivity index (χ4v) is 3.08. The highest BCUT2D eigenvalue weighted by Gasteiger charge is 2.20. The fraction of sp³-hybridized carbons (Fsp3) is 0.167. The van der Waals surface area contributed by atoms with Gasteiger partial charge in [-0.2, -0.15) is 10.5 Å². The molecule has 0 atom stereocenters. The lowest BCUT2D eigenvalue weighted by atomic mass is 10.1. The van der Waals surface area contributed by atoms with Gasteiger partial charge < -0.3 is 9.47 Å². The van der Waals surface area contributed by atoms with E-state index in [1.54, 1.807) is 12.1 Å². The van der Waals surface area contributed by atoms with E-state index in [1.807, 2.05) is 64.1 Å². The molecule has 0 amide bonds. The Morgan fingerprint density at radius 3 is 1.57 bits per heavy atom. The minimum absolute atomic E-state index is 0.161. The van der Waals surface area contributed by atoms with Gasteiger partial charge in [0.05, 0.1) is 5.56 Å². The molecule has 138 valence electrons. The summed E-state index contributed by atoms with van der Waals surface area (Å²) in [6.45, 7) is 7.80. The predicted molar refractivity (Wildman–Crippen MR) is 108 cm³/mol. The summed E-state index contributed by atoms with van der Waals surface area (Å²) >= 11 is 0. The number of para-hydroxylation sites is 2. The second kappa shape index (κ2) is 7.86. The molecule has 0 N–H and O–H groups in total. The maximum Gasteiger partial charge on any atom is 0.189 e. The molecular formula is C24H20N2O2. The topological polar surface area (TPSA) is 66.0 Å². The van der Waals surface area contributed by atoms with Crippen molar-refractivity contribution in [2.45, 2.75) is 27.7 Å². The fourth-order valence-electron chi connectivity index (χ4n) is 3.08. The Kier molecular flexibility index (Phi) is 5.34. The smallest absolute Gasteiger partial charge is 0.189 e. The van der Waals surface area contributed by atoms with Crippen LogP contribution in [-0.2, 0) is 0 Å². The van der Waals surface area contributed by atoms with Crippen LogP contribution in [0, 0.1) is 50.4 Å². The highest BCUT2D eigenvalue weighted by atomic mass is 16.5. The number of benzene rings is 3. The molecule has 0 aliphatic carbocycles. The van der Waals surface area contributed by atoms with Crippen molar-refractivity contribution in [3.8, 4) is 35.1 Å². The van der Waals surface area contributed by atoms with Gasteiger partial charge in [-0.05, 0) is 62.1 Å². The van der Waals surface area contributed by atoms with E-state index in [0.29, 0.717) is 17.2 Å². The molecule has 0 aliphatic rings. The molecule has 28 heavy (non-hydrogen) atoms. The summed E-state index contributed by atoms with van der Waals surface area (Å²) < 4.78 is 12.4. The maximum atomic E-state index is 9.71. The number of ether oxygens (including phenoxy) is 2. The second-order valence-corrected chi connectivity index (χ2v) is 6.68. The van der Waals surface area contributed by atoms with Crippen LogP contribution in [0.1, 0.15) is 33.4 Å². The van der Waals surface area contributed by atoms with Crippen LogP contribution < -0.4 is 9.47 Å². The van der Waals surface area contributed by atoms with Gasteiger partial charge in [0.15, 0.2) is 11.5 Å². The van der Waals surface area contributed by atoms with E-state index >= 15 is 0 Å². The first-order valence-corrected chi connectivity index (χ1v) is 8.91. The Morgan fingerprint density at radius 1 is 0.607 bits per heavy atom. The normalized spacial score (nSPS) is 10.1. The number of rotatable bonds is 4. The lowest BCUT2D eigenvalue weighted by Crippen LogP contribution is -1.99. The summed E-state index contributed by atoms with van der Waals surface area (Å²) in [5.74, 6) is 2.01. The summed E-state index contributed by atoms with van der Waals surface area (Å²) in [6, 6.07) is 19.1.